The van der Waals surface area contributed by atoms with Gasteiger partial charge < -0.3 is 0 Å². The standard InChI is InChI=1S/C9H11F/c1-8-4-2-6-9(10)7-3-5-8/h2,5-7H,3-4H2,1H3/b6-2?,8-5-,9-7+. The fourth-order valence-corrected chi connectivity index (χ4v) is 0.881. The summed E-state index contributed by atoms with van der Waals surface area (Å²) in [6, 6.07) is 0. The molecule has 0 saturated heterocycles. The Bertz CT molecular complexity index is 197. The minimum Gasteiger partial charge on any atom is -0.207 e. The topological polar surface area (TPSA) is 0 Å². The molecule has 0 aromatic rings. The van der Waals surface area contributed by atoms with E-state index in [1.807, 2.05) is 12.2 Å². The number of halogens is 1. The predicted octanol–water partition coefficient (Wildman–Crippen LogP) is 3.14. The van der Waals surface area contributed by atoms with Crippen molar-refractivity contribution in [2.24, 2.45) is 0 Å². The Hall–Kier alpha value is -0.850. The van der Waals surface area contributed by atoms with E-state index in [4.69, 9.17) is 0 Å². The third-order valence-corrected chi connectivity index (χ3v) is 1.50. The van der Waals surface area contributed by atoms with Crippen LogP contribution in [0.5, 0.6) is 0 Å². The summed E-state index contributed by atoms with van der Waals surface area (Å²) >= 11 is 0. The summed E-state index contributed by atoms with van der Waals surface area (Å²) in [4.78, 5) is 0. The Kier molecular flexibility index (Phi) is 2.43. The lowest BCUT2D eigenvalue weighted by Crippen LogP contribution is -1.77. The van der Waals surface area contributed by atoms with Crippen LogP contribution < -0.4 is 0 Å². The first-order valence-corrected chi connectivity index (χ1v) is 3.47. The van der Waals surface area contributed by atoms with E-state index < -0.39 is 0 Å². The van der Waals surface area contributed by atoms with Crippen LogP contribution in [0, 0.1) is 0 Å². The Balaban J connectivity index is 2.70. The van der Waals surface area contributed by atoms with Gasteiger partial charge in [0.15, 0.2) is 0 Å². The Labute approximate surface area is 60.7 Å². The number of rotatable bonds is 0. The molecule has 0 spiro atoms. The average Bonchev–Trinajstić information content (AvgIpc) is 1.84. The van der Waals surface area contributed by atoms with Gasteiger partial charge in [0.25, 0.3) is 0 Å². The third-order valence-electron chi connectivity index (χ3n) is 1.50. The van der Waals surface area contributed by atoms with Gasteiger partial charge in [-0.2, -0.15) is 0 Å². The second-order valence-electron chi connectivity index (χ2n) is 2.48. The van der Waals surface area contributed by atoms with Gasteiger partial charge in [0, 0.05) is 0 Å². The second-order valence-corrected chi connectivity index (χ2v) is 2.48. The smallest absolute Gasteiger partial charge is 0.119 e. The van der Waals surface area contributed by atoms with Crippen molar-refractivity contribution >= 4 is 0 Å². The lowest BCUT2D eigenvalue weighted by molar-refractivity contribution is 0.661. The lowest BCUT2D eigenvalue weighted by atomic mass is 10.1. The van der Waals surface area contributed by atoms with E-state index in [1.54, 1.807) is 6.08 Å². The molecule has 0 unspecified atom stereocenters. The molecule has 0 amide bonds. The number of hydrogen-bond donors (Lipinski definition) is 0. The SMILES string of the molecule is C/C1=C/C/C=C(/F)C=CC1. The van der Waals surface area contributed by atoms with E-state index in [9.17, 15) is 4.39 Å². The largest absolute Gasteiger partial charge is 0.207 e. The Morgan fingerprint density at radius 1 is 1.40 bits per heavy atom. The fourth-order valence-electron chi connectivity index (χ4n) is 0.881. The quantitative estimate of drug-likeness (QED) is 0.451. The summed E-state index contributed by atoms with van der Waals surface area (Å²) in [5.74, 6) is -0.122. The lowest BCUT2D eigenvalue weighted by Gasteiger charge is -1.97. The molecule has 0 aromatic carbocycles. The maximum absolute atomic E-state index is 12.5. The van der Waals surface area contributed by atoms with Crippen LogP contribution in [0.15, 0.2) is 35.7 Å². The van der Waals surface area contributed by atoms with E-state index in [1.165, 1.54) is 11.6 Å². The molecule has 0 atom stereocenters. The molecule has 0 N–H and O–H groups in total. The molecule has 1 rings (SSSR count). The van der Waals surface area contributed by atoms with Gasteiger partial charge in [-0.1, -0.05) is 17.7 Å². The third kappa shape index (κ3) is 2.18. The van der Waals surface area contributed by atoms with Gasteiger partial charge in [0.1, 0.15) is 5.83 Å². The van der Waals surface area contributed by atoms with Gasteiger partial charge in [0.2, 0.25) is 0 Å². The molecule has 0 nitrogen and oxygen atoms in total. The summed E-state index contributed by atoms with van der Waals surface area (Å²) in [5.41, 5.74) is 1.31. The van der Waals surface area contributed by atoms with Gasteiger partial charge in [-0.05, 0) is 31.9 Å². The van der Waals surface area contributed by atoms with Gasteiger partial charge in [-0.3, -0.25) is 0 Å². The molecule has 0 radical (unpaired) electrons. The predicted molar refractivity (Wildman–Crippen MR) is 41.3 cm³/mol. The molecule has 54 valence electrons. The zero-order chi connectivity index (χ0) is 7.40. The van der Waals surface area contributed by atoms with Crippen LogP contribution in [-0.2, 0) is 0 Å². The second kappa shape index (κ2) is 3.35. The highest BCUT2D eigenvalue weighted by Crippen LogP contribution is 2.10. The van der Waals surface area contributed by atoms with Crippen LogP contribution >= 0.6 is 0 Å². The maximum atomic E-state index is 12.5. The summed E-state index contributed by atoms with van der Waals surface area (Å²) < 4.78 is 12.5. The minimum absolute atomic E-state index is 0.122. The molecule has 0 fully saturated rings. The first kappa shape index (κ1) is 7.26. The van der Waals surface area contributed by atoms with E-state index >= 15 is 0 Å². The number of allylic oxidation sites excluding steroid dienone is 6. The van der Waals surface area contributed by atoms with Crippen molar-refractivity contribution < 1.29 is 4.39 Å². The van der Waals surface area contributed by atoms with Crippen molar-refractivity contribution in [1.82, 2.24) is 0 Å². The zero-order valence-electron chi connectivity index (χ0n) is 6.10. The molecular formula is C9H11F. The van der Waals surface area contributed by atoms with E-state index in [2.05, 4.69) is 6.92 Å². The van der Waals surface area contributed by atoms with Crippen LogP contribution in [0.4, 0.5) is 4.39 Å². The van der Waals surface area contributed by atoms with Crippen LogP contribution in [-0.4, -0.2) is 0 Å². The molecule has 1 aliphatic carbocycles. The molecule has 10 heavy (non-hydrogen) atoms. The summed E-state index contributed by atoms with van der Waals surface area (Å²) in [6.45, 7) is 2.06. The van der Waals surface area contributed by atoms with Crippen molar-refractivity contribution in [2.45, 2.75) is 19.8 Å². The van der Waals surface area contributed by atoms with Gasteiger partial charge in [-0.25, -0.2) is 4.39 Å². The van der Waals surface area contributed by atoms with Crippen molar-refractivity contribution in [3.63, 3.8) is 0 Å². The highest BCUT2D eigenvalue weighted by atomic mass is 19.1. The molecule has 0 aromatic heterocycles. The first-order chi connectivity index (χ1) is 4.79. The Morgan fingerprint density at radius 2 is 2.20 bits per heavy atom. The molecule has 0 bridgehead atoms. The Morgan fingerprint density at radius 3 is 3.00 bits per heavy atom. The first-order valence-electron chi connectivity index (χ1n) is 3.47. The van der Waals surface area contributed by atoms with Crippen molar-refractivity contribution in [1.29, 1.82) is 0 Å². The van der Waals surface area contributed by atoms with Crippen molar-refractivity contribution in [3.8, 4) is 0 Å². The van der Waals surface area contributed by atoms with Crippen molar-refractivity contribution in [3.05, 3.63) is 35.7 Å². The molecule has 0 aliphatic heterocycles. The molecule has 0 heterocycles. The highest BCUT2D eigenvalue weighted by molar-refractivity contribution is 5.19. The van der Waals surface area contributed by atoms with Crippen molar-refractivity contribution in [2.75, 3.05) is 0 Å². The molecule has 1 aliphatic rings. The van der Waals surface area contributed by atoms with Crippen LogP contribution in [0.25, 0.3) is 0 Å². The number of hydrogen-bond acceptors (Lipinski definition) is 0. The highest BCUT2D eigenvalue weighted by Gasteiger charge is 1.91. The van der Waals surface area contributed by atoms with Gasteiger partial charge in [0.05, 0.1) is 0 Å². The fraction of sp³-hybridized carbons (Fsp3) is 0.333. The maximum Gasteiger partial charge on any atom is 0.119 e. The minimum atomic E-state index is -0.122. The van der Waals surface area contributed by atoms with Crippen LogP contribution in [0.2, 0.25) is 0 Å². The summed E-state index contributed by atoms with van der Waals surface area (Å²) in [6.07, 6.45) is 8.60. The van der Waals surface area contributed by atoms with Gasteiger partial charge >= 0.3 is 0 Å². The van der Waals surface area contributed by atoms with E-state index in [-0.39, 0.29) is 5.83 Å². The molecular weight excluding hydrogens is 127 g/mol. The molecule has 0 saturated carbocycles. The van der Waals surface area contributed by atoms with Crippen LogP contribution in [0.3, 0.4) is 0 Å². The van der Waals surface area contributed by atoms with E-state index in [0.29, 0.717) is 0 Å². The monoisotopic (exact) mass is 138 g/mol. The van der Waals surface area contributed by atoms with Crippen LogP contribution in [0.1, 0.15) is 19.8 Å². The average molecular weight is 138 g/mol. The normalized spacial score (nSPS) is 29.4. The van der Waals surface area contributed by atoms with Gasteiger partial charge in [-0.15, -0.1) is 0 Å². The van der Waals surface area contributed by atoms with E-state index in [0.717, 1.165) is 12.8 Å². The molecule has 1 heteroatoms. The summed E-state index contributed by atoms with van der Waals surface area (Å²) in [5, 5.41) is 0. The summed E-state index contributed by atoms with van der Waals surface area (Å²) in [7, 11) is 0. The zero-order valence-corrected chi connectivity index (χ0v) is 6.10.